The van der Waals surface area contributed by atoms with Crippen molar-refractivity contribution in [3.05, 3.63) is 42.1 Å². The van der Waals surface area contributed by atoms with Gasteiger partial charge in [-0.1, -0.05) is 25.1 Å². The smallest absolute Gasteiger partial charge is 0.263 e. The number of nitrogens with one attached hydrogen (secondary N) is 1. The van der Waals surface area contributed by atoms with Gasteiger partial charge in [0.2, 0.25) is 0 Å². The number of rotatable bonds is 8. The van der Waals surface area contributed by atoms with E-state index in [1.165, 1.54) is 0 Å². The van der Waals surface area contributed by atoms with E-state index in [9.17, 15) is 4.79 Å². The van der Waals surface area contributed by atoms with E-state index in [4.69, 9.17) is 9.47 Å². The summed E-state index contributed by atoms with van der Waals surface area (Å²) < 4.78 is 12.7. The number of hydrogen-bond acceptors (Lipinski definition) is 4. The fourth-order valence-electron chi connectivity index (χ4n) is 2.36. The minimum absolute atomic E-state index is 0.106. The van der Waals surface area contributed by atoms with Crippen molar-refractivity contribution in [3.63, 3.8) is 0 Å². The Bertz CT molecular complexity index is 737. The van der Waals surface area contributed by atoms with Gasteiger partial charge in [0.25, 0.3) is 5.91 Å². The van der Waals surface area contributed by atoms with Gasteiger partial charge in [-0.25, -0.2) is 4.68 Å². The Morgan fingerprint density at radius 2 is 2.16 bits per heavy atom. The summed E-state index contributed by atoms with van der Waals surface area (Å²) in [7, 11) is 1.58. The molecule has 1 amide bonds. The summed E-state index contributed by atoms with van der Waals surface area (Å²) in [5.41, 5.74) is 1.01. The molecule has 6 nitrogen and oxygen atoms in total. The van der Waals surface area contributed by atoms with E-state index < -0.39 is 0 Å². The van der Waals surface area contributed by atoms with Crippen LogP contribution in [0.5, 0.6) is 11.5 Å². The second kappa shape index (κ2) is 8.92. The van der Waals surface area contributed by atoms with Gasteiger partial charge in [-0.2, -0.15) is 5.10 Å². The predicted octanol–water partition coefficient (Wildman–Crippen LogP) is 3.91. The van der Waals surface area contributed by atoms with Crippen molar-refractivity contribution in [2.75, 3.05) is 19.0 Å². The maximum atomic E-state index is 12.2. The predicted molar refractivity (Wildman–Crippen MR) is 99.1 cm³/mol. The van der Waals surface area contributed by atoms with Gasteiger partial charge in [-0.05, 0) is 38.0 Å². The number of nitrogens with zero attached hydrogens (tertiary/aromatic N) is 2. The summed E-state index contributed by atoms with van der Waals surface area (Å²) >= 11 is 0. The number of anilines is 1. The SMILES string of the molecule is C/C=C/c1ccc(OCC(=O)Nc2ccnn2C(C)CC)c(OC)c1. The summed E-state index contributed by atoms with van der Waals surface area (Å²) in [5, 5.41) is 7.08. The average Bonchev–Trinajstić information content (AvgIpc) is 3.08. The first kappa shape index (κ1) is 18.6. The summed E-state index contributed by atoms with van der Waals surface area (Å²) in [6, 6.07) is 7.56. The minimum Gasteiger partial charge on any atom is -0.493 e. The molecule has 0 fully saturated rings. The largest absolute Gasteiger partial charge is 0.493 e. The topological polar surface area (TPSA) is 65.4 Å². The maximum absolute atomic E-state index is 12.2. The van der Waals surface area contributed by atoms with Crippen LogP contribution in [0.3, 0.4) is 0 Å². The fourth-order valence-corrected chi connectivity index (χ4v) is 2.36. The number of ether oxygens (including phenoxy) is 2. The zero-order valence-corrected chi connectivity index (χ0v) is 15.2. The highest BCUT2D eigenvalue weighted by Crippen LogP contribution is 2.28. The van der Waals surface area contributed by atoms with Crippen LogP contribution in [0, 0.1) is 0 Å². The van der Waals surface area contributed by atoms with Crippen LogP contribution in [0.15, 0.2) is 36.5 Å². The summed E-state index contributed by atoms with van der Waals surface area (Å²) in [5.74, 6) is 1.54. The van der Waals surface area contributed by atoms with Gasteiger partial charge in [0.1, 0.15) is 5.82 Å². The molecular formula is C19H25N3O3. The third-order valence-electron chi connectivity index (χ3n) is 3.85. The third kappa shape index (κ3) is 4.86. The Balaban J connectivity index is 2.00. The molecule has 2 aromatic rings. The van der Waals surface area contributed by atoms with Gasteiger partial charge in [0.05, 0.1) is 19.3 Å². The quantitative estimate of drug-likeness (QED) is 0.789. The highest BCUT2D eigenvalue weighted by molar-refractivity contribution is 5.91. The standard InChI is InChI=1S/C19H25N3O3/c1-5-7-15-8-9-16(17(12-15)24-4)25-13-19(23)21-18-10-11-20-22(18)14(3)6-2/h5,7-12,14H,6,13H2,1-4H3,(H,21,23)/b7-5+. The molecule has 25 heavy (non-hydrogen) atoms. The highest BCUT2D eigenvalue weighted by atomic mass is 16.5. The summed E-state index contributed by atoms with van der Waals surface area (Å²) in [6.07, 6.45) is 6.51. The van der Waals surface area contributed by atoms with Gasteiger partial charge in [-0.15, -0.1) is 0 Å². The van der Waals surface area contributed by atoms with E-state index in [1.54, 1.807) is 30.1 Å². The number of carbonyl (C=O) groups is 1. The number of benzene rings is 1. The second-order valence-corrected chi connectivity index (χ2v) is 5.67. The molecule has 0 spiro atoms. The van der Waals surface area contributed by atoms with Crippen molar-refractivity contribution < 1.29 is 14.3 Å². The van der Waals surface area contributed by atoms with Crippen LogP contribution < -0.4 is 14.8 Å². The Morgan fingerprint density at radius 1 is 1.36 bits per heavy atom. The van der Waals surface area contributed by atoms with E-state index in [0.717, 1.165) is 12.0 Å². The number of hydrogen-bond donors (Lipinski definition) is 1. The first-order valence-corrected chi connectivity index (χ1v) is 8.35. The van der Waals surface area contributed by atoms with Gasteiger partial charge in [0, 0.05) is 6.07 Å². The van der Waals surface area contributed by atoms with Crippen LogP contribution in [0.25, 0.3) is 6.08 Å². The molecule has 1 atom stereocenters. The third-order valence-corrected chi connectivity index (χ3v) is 3.85. The van der Waals surface area contributed by atoms with Crippen LogP contribution in [0.4, 0.5) is 5.82 Å². The van der Waals surface area contributed by atoms with Crippen LogP contribution in [-0.2, 0) is 4.79 Å². The first-order valence-electron chi connectivity index (χ1n) is 8.35. The Labute approximate surface area is 148 Å². The van der Waals surface area contributed by atoms with Gasteiger partial charge in [-0.3, -0.25) is 4.79 Å². The minimum atomic E-state index is -0.246. The lowest BCUT2D eigenvalue weighted by Gasteiger charge is -2.15. The average molecular weight is 343 g/mol. The molecule has 1 aromatic carbocycles. The lowest BCUT2D eigenvalue weighted by atomic mass is 10.2. The molecule has 0 aliphatic rings. The molecule has 0 aliphatic heterocycles. The molecule has 134 valence electrons. The van der Waals surface area contributed by atoms with Crippen LogP contribution in [-0.4, -0.2) is 29.4 Å². The van der Waals surface area contributed by atoms with Gasteiger partial charge >= 0.3 is 0 Å². The molecule has 0 saturated carbocycles. The first-order chi connectivity index (χ1) is 12.1. The lowest BCUT2D eigenvalue weighted by molar-refractivity contribution is -0.118. The number of carbonyl (C=O) groups excluding carboxylic acids is 1. The second-order valence-electron chi connectivity index (χ2n) is 5.67. The van der Waals surface area contributed by atoms with Crippen LogP contribution in [0.2, 0.25) is 0 Å². The summed E-state index contributed by atoms with van der Waals surface area (Å²) in [6.45, 7) is 5.97. The van der Waals surface area contributed by atoms with Crippen molar-refractivity contribution >= 4 is 17.8 Å². The van der Waals surface area contributed by atoms with Crippen molar-refractivity contribution in [1.82, 2.24) is 9.78 Å². The fraction of sp³-hybridized carbons (Fsp3) is 0.368. The van der Waals surface area contributed by atoms with Crippen LogP contribution in [0.1, 0.15) is 38.8 Å². The van der Waals surface area contributed by atoms with Crippen molar-refractivity contribution in [1.29, 1.82) is 0 Å². The molecule has 1 heterocycles. The molecule has 0 radical (unpaired) electrons. The Hall–Kier alpha value is -2.76. The molecule has 1 N–H and O–H groups in total. The van der Waals surface area contributed by atoms with Gasteiger partial charge < -0.3 is 14.8 Å². The Kier molecular flexibility index (Phi) is 6.62. The highest BCUT2D eigenvalue weighted by Gasteiger charge is 2.13. The molecule has 6 heteroatoms. The summed E-state index contributed by atoms with van der Waals surface area (Å²) in [4.78, 5) is 12.2. The number of aromatic nitrogens is 2. The maximum Gasteiger partial charge on any atom is 0.263 e. The molecule has 0 bridgehead atoms. The van der Waals surface area contributed by atoms with Gasteiger partial charge in [0.15, 0.2) is 18.1 Å². The van der Waals surface area contributed by atoms with Crippen LogP contribution >= 0.6 is 0 Å². The Morgan fingerprint density at radius 3 is 2.84 bits per heavy atom. The monoisotopic (exact) mass is 343 g/mol. The van der Waals surface area contributed by atoms with E-state index in [1.807, 2.05) is 31.2 Å². The van der Waals surface area contributed by atoms with E-state index in [-0.39, 0.29) is 18.6 Å². The lowest BCUT2D eigenvalue weighted by Crippen LogP contribution is -2.23. The van der Waals surface area contributed by atoms with E-state index >= 15 is 0 Å². The molecule has 0 saturated heterocycles. The number of amides is 1. The van der Waals surface area contributed by atoms with Crippen molar-refractivity contribution in [2.24, 2.45) is 0 Å². The molecule has 0 aliphatic carbocycles. The molecule has 2 rings (SSSR count). The van der Waals surface area contributed by atoms with Crippen molar-refractivity contribution in [3.8, 4) is 11.5 Å². The zero-order chi connectivity index (χ0) is 18.2. The van der Waals surface area contributed by atoms with E-state index in [2.05, 4.69) is 24.3 Å². The molecular weight excluding hydrogens is 318 g/mol. The number of methoxy groups -OCH3 is 1. The normalized spacial score (nSPS) is 12.2. The van der Waals surface area contributed by atoms with Crippen molar-refractivity contribution in [2.45, 2.75) is 33.2 Å². The molecule has 1 unspecified atom stereocenters. The van der Waals surface area contributed by atoms with E-state index in [0.29, 0.717) is 17.3 Å². The zero-order valence-electron chi connectivity index (χ0n) is 15.2. The number of allylic oxidation sites excluding steroid dienone is 1. The molecule has 1 aromatic heterocycles.